The van der Waals surface area contributed by atoms with Crippen molar-refractivity contribution in [2.24, 2.45) is 0 Å². The fourth-order valence-electron chi connectivity index (χ4n) is 0.947. The molecule has 1 aromatic rings. The maximum Gasteiger partial charge on any atom is 0.308 e. The van der Waals surface area contributed by atoms with Crippen molar-refractivity contribution in [1.29, 1.82) is 0 Å². The molecule has 0 saturated carbocycles. The zero-order chi connectivity index (χ0) is 11.6. The minimum Gasteiger partial charge on any atom is -0.493 e. The van der Waals surface area contributed by atoms with Crippen LogP contribution in [0.15, 0.2) is 6.07 Å². The molecule has 3 nitrogen and oxygen atoms in total. The van der Waals surface area contributed by atoms with Crippen LogP contribution < -0.4 is 9.47 Å². The molecule has 1 rings (SSSR count). The smallest absolute Gasteiger partial charge is 0.308 e. The number of rotatable bonds is 2. The highest BCUT2D eigenvalue weighted by Crippen LogP contribution is 2.44. The zero-order valence-corrected chi connectivity index (χ0v) is 10.2. The summed E-state index contributed by atoms with van der Waals surface area (Å²) in [5, 5.41) is 0.404. The number of esters is 1. The van der Waals surface area contributed by atoms with E-state index in [0.29, 0.717) is 0 Å². The molecular formula is C9H7Cl3O3. The standard InChI is InChI=1S/C9H7Cl3O3/c1-4(13)15-9-6(14-2)3-5(10)7(11)8(9)12/h3H,1-2H3. The van der Waals surface area contributed by atoms with E-state index in [4.69, 9.17) is 44.3 Å². The summed E-state index contributed by atoms with van der Waals surface area (Å²) < 4.78 is 9.82. The molecular weight excluding hydrogens is 262 g/mol. The predicted molar refractivity (Wildman–Crippen MR) is 59.3 cm³/mol. The van der Waals surface area contributed by atoms with Gasteiger partial charge in [-0.15, -0.1) is 0 Å². The summed E-state index contributed by atoms with van der Waals surface area (Å²) in [5.41, 5.74) is 0. The van der Waals surface area contributed by atoms with Crippen LogP contribution in [0.4, 0.5) is 0 Å². The van der Waals surface area contributed by atoms with E-state index in [9.17, 15) is 4.79 Å². The lowest BCUT2D eigenvalue weighted by molar-refractivity contribution is -0.132. The van der Waals surface area contributed by atoms with E-state index in [1.807, 2.05) is 0 Å². The first-order chi connectivity index (χ1) is 6.97. The topological polar surface area (TPSA) is 35.5 Å². The molecule has 0 aliphatic carbocycles. The lowest BCUT2D eigenvalue weighted by atomic mass is 10.3. The second kappa shape index (κ2) is 4.92. The van der Waals surface area contributed by atoms with Crippen molar-refractivity contribution in [2.75, 3.05) is 7.11 Å². The summed E-state index contributed by atoms with van der Waals surface area (Å²) in [5.74, 6) is -0.195. The van der Waals surface area contributed by atoms with Crippen LogP contribution in [0.2, 0.25) is 15.1 Å². The molecule has 0 bridgehead atoms. The number of ether oxygens (including phenoxy) is 2. The highest BCUT2D eigenvalue weighted by Gasteiger charge is 2.18. The number of hydrogen-bond donors (Lipinski definition) is 0. The maximum atomic E-state index is 10.8. The SMILES string of the molecule is COc1cc(Cl)c(Cl)c(Cl)c1OC(C)=O. The van der Waals surface area contributed by atoms with Crippen molar-refractivity contribution in [3.63, 3.8) is 0 Å². The van der Waals surface area contributed by atoms with E-state index in [0.717, 1.165) is 0 Å². The second-order valence-electron chi connectivity index (χ2n) is 2.61. The number of hydrogen-bond acceptors (Lipinski definition) is 3. The van der Waals surface area contributed by atoms with E-state index < -0.39 is 5.97 Å². The van der Waals surface area contributed by atoms with Gasteiger partial charge in [-0.1, -0.05) is 34.8 Å². The molecule has 0 fully saturated rings. The van der Waals surface area contributed by atoms with Gasteiger partial charge < -0.3 is 9.47 Å². The Balaban J connectivity index is 3.33. The third-order valence-electron chi connectivity index (χ3n) is 1.55. The fourth-order valence-corrected chi connectivity index (χ4v) is 1.56. The van der Waals surface area contributed by atoms with Gasteiger partial charge in [0.25, 0.3) is 0 Å². The molecule has 0 saturated heterocycles. The predicted octanol–water partition coefficient (Wildman–Crippen LogP) is 3.58. The molecule has 0 aliphatic heterocycles. The normalized spacial score (nSPS) is 9.93. The first-order valence-corrected chi connectivity index (χ1v) is 5.00. The average molecular weight is 270 g/mol. The van der Waals surface area contributed by atoms with Crippen LogP contribution in [0.1, 0.15) is 6.92 Å². The van der Waals surface area contributed by atoms with Crippen molar-refractivity contribution in [1.82, 2.24) is 0 Å². The number of benzene rings is 1. The minimum absolute atomic E-state index is 0.0521. The van der Waals surface area contributed by atoms with Crippen molar-refractivity contribution >= 4 is 40.8 Å². The molecule has 0 amide bonds. The summed E-state index contributed by atoms with van der Waals surface area (Å²) in [7, 11) is 1.41. The van der Waals surface area contributed by atoms with Gasteiger partial charge >= 0.3 is 5.97 Å². The van der Waals surface area contributed by atoms with E-state index in [1.165, 1.54) is 20.1 Å². The van der Waals surface area contributed by atoms with Crippen molar-refractivity contribution in [3.05, 3.63) is 21.1 Å². The second-order valence-corrected chi connectivity index (χ2v) is 3.77. The van der Waals surface area contributed by atoms with Gasteiger partial charge in [-0.3, -0.25) is 4.79 Å². The van der Waals surface area contributed by atoms with Crippen molar-refractivity contribution < 1.29 is 14.3 Å². The maximum absolute atomic E-state index is 10.8. The van der Waals surface area contributed by atoms with Gasteiger partial charge in [-0.2, -0.15) is 0 Å². The van der Waals surface area contributed by atoms with Crippen LogP contribution in [0.3, 0.4) is 0 Å². The molecule has 0 heterocycles. The Morgan fingerprint density at radius 1 is 1.27 bits per heavy atom. The highest BCUT2D eigenvalue weighted by atomic mass is 35.5. The summed E-state index contributed by atoms with van der Waals surface area (Å²) >= 11 is 17.4. The molecule has 0 spiro atoms. The first-order valence-electron chi connectivity index (χ1n) is 3.87. The van der Waals surface area contributed by atoms with Crippen molar-refractivity contribution in [2.45, 2.75) is 6.92 Å². The van der Waals surface area contributed by atoms with Gasteiger partial charge in [0.15, 0.2) is 11.5 Å². The molecule has 0 atom stereocenters. The Morgan fingerprint density at radius 3 is 2.33 bits per heavy atom. The zero-order valence-electron chi connectivity index (χ0n) is 7.94. The van der Waals surface area contributed by atoms with Gasteiger partial charge in [-0.25, -0.2) is 0 Å². The largest absolute Gasteiger partial charge is 0.493 e. The van der Waals surface area contributed by atoms with Crippen LogP contribution in [-0.4, -0.2) is 13.1 Å². The number of carbonyl (C=O) groups is 1. The third-order valence-corrected chi connectivity index (χ3v) is 2.79. The third kappa shape index (κ3) is 2.68. The lowest BCUT2D eigenvalue weighted by Gasteiger charge is -2.11. The van der Waals surface area contributed by atoms with Crippen molar-refractivity contribution in [3.8, 4) is 11.5 Å². The van der Waals surface area contributed by atoms with Gasteiger partial charge in [0.05, 0.1) is 17.2 Å². The monoisotopic (exact) mass is 268 g/mol. The molecule has 0 aliphatic rings. The highest BCUT2D eigenvalue weighted by molar-refractivity contribution is 6.48. The Bertz CT molecular complexity index is 404. The number of methoxy groups -OCH3 is 1. The van der Waals surface area contributed by atoms with Crippen LogP contribution in [0.25, 0.3) is 0 Å². The quantitative estimate of drug-likeness (QED) is 0.468. The summed E-state index contributed by atoms with van der Waals surface area (Å²) in [4.78, 5) is 10.8. The van der Waals surface area contributed by atoms with E-state index in [2.05, 4.69) is 0 Å². The summed E-state index contributed by atoms with van der Waals surface area (Å²) in [6.45, 7) is 1.25. The number of carbonyl (C=O) groups excluding carboxylic acids is 1. The molecule has 0 unspecified atom stereocenters. The summed E-state index contributed by atoms with van der Waals surface area (Å²) in [6, 6.07) is 1.42. The number of halogens is 3. The van der Waals surface area contributed by atoms with Gasteiger partial charge in [0.1, 0.15) is 5.02 Å². The Labute approximate surface area is 102 Å². The first kappa shape index (κ1) is 12.4. The molecule has 82 valence electrons. The summed E-state index contributed by atoms with van der Waals surface area (Å²) in [6.07, 6.45) is 0. The molecule has 1 aromatic carbocycles. The molecule has 0 radical (unpaired) electrons. The van der Waals surface area contributed by atoms with Gasteiger partial charge in [-0.05, 0) is 0 Å². The van der Waals surface area contributed by atoms with Crippen LogP contribution in [-0.2, 0) is 4.79 Å². The fraction of sp³-hybridized carbons (Fsp3) is 0.222. The molecule has 15 heavy (non-hydrogen) atoms. The van der Waals surface area contributed by atoms with Gasteiger partial charge in [0, 0.05) is 13.0 Å². The van der Waals surface area contributed by atoms with Crippen LogP contribution in [0, 0.1) is 0 Å². The van der Waals surface area contributed by atoms with E-state index in [1.54, 1.807) is 0 Å². The molecule has 6 heteroatoms. The Morgan fingerprint density at radius 2 is 1.87 bits per heavy atom. The Kier molecular flexibility index (Phi) is 4.08. The Hall–Kier alpha value is -0.640. The van der Waals surface area contributed by atoms with Crippen LogP contribution >= 0.6 is 34.8 Å². The van der Waals surface area contributed by atoms with Crippen LogP contribution in [0.5, 0.6) is 11.5 Å². The van der Waals surface area contributed by atoms with E-state index in [-0.39, 0.29) is 26.6 Å². The average Bonchev–Trinajstić information content (AvgIpc) is 2.18. The lowest BCUT2D eigenvalue weighted by Crippen LogP contribution is -2.04. The molecule has 0 N–H and O–H groups in total. The minimum atomic E-state index is -0.520. The van der Waals surface area contributed by atoms with E-state index >= 15 is 0 Å². The van der Waals surface area contributed by atoms with Gasteiger partial charge in [0.2, 0.25) is 0 Å². The molecule has 0 aromatic heterocycles.